The molecule has 0 aliphatic carbocycles. The fraction of sp³-hybridized carbons (Fsp3) is 0.524. The molecule has 0 saturated carbocycles. The molecule has 30 heavy (non-hydrogen) atoms. The Balaban J connectivity index is 1.41. The number of urea groups is 1. The zero-order valence-electron chi connectivity index (χ0n) is 17.5. The first-order chi connectivity index (χ1) is 14.2. The first kappa shape index (κ1) is 20.7. The molecule has 2 N–H and O–H groups in total. The van der Waals surface area contributed by atoms with E-state index < -0.39 is 0 Å². The summed E-state index contributed by atoms with van der Waals surface area (Å²) in [6.07, 6.45) is 5.83. The maximum Gasteiger partial charge on any atom is 0.320 e. The number of halogens is 1. The Hall–Kier alpha value is -2.61. The topological polar surface area (TPSA) is 92.2 Å². The average Bonchev–Trinajstić information content (AvgIpc) is 3.33. The van der Waals surface area contributed by atoms with Crippen LogP contribution in [0.2, 0.25) is 5.02 Å². The van der Waals surface area contributed by atoms with Gasteiger partial charge in [-0.3, -0.25) is 14.8 Å². The van der Waals surface area contributed by atoms with Gasteiger partial charge in [-0.25, -0.2) is 9.78 Å². The zero-order valence-corrected chi connectivity index (χ0v) is 18.3. The molecule has 0 spiro atoms. The highest BCUT2D eigenvalue weighted by Gasteiger charge is 2.31. The van der Waals surface area contributed by atoms with E-state index in [1.54, 1.807) is 18.0 Å². The summed E-state index contributed by atoms with van der Waals surface area (Å²) in [5.74, 6) is 0.469. The number of carbonyl (C=O) groups excluding carboxylic acids is 2. The van der Waals surface area contributed by atoms with Crippen molar-refractivity contribution in [2.75, 3.05) is 18.4 Å². The van der Waals surface area contributed by atoms with Crippen molar-refractivity contribution in [1.82, 2.24) is 25.0 Å². The Kier molecular flexibility index (Phi) is 5.44. The van der Waals surface area contributed by atoms with E-state index in [0.29, 0.717) is 30.4 Å². The van der Waals surface area contributed by atoms with Crippen LogP contribution in [0.1, 0.15) is 44.0 Å². The average molecular weight is 431 g/mol. The third-order valence-electron chi connectivity index (χ3n) is 5.78. The molecular weight excluding hydrogens is 404 g/mol. The van der Waals surface area contributed by atoms with Crippen molar-refractivity contribution in [2.45, 2.75) is 52.6 Å². The molecular formula is C21H27ClN6O2. The maximum absolute atomic E-state index is 12.4. The van der Waals surface area contributed by atoms with Gasteiger partial charge in [-0.05, 0) is 35.4 Å². The van der Waals surface area contributed by atoms with Crippen LogP contribution in [-0.2, 0) is 24.2 Å². The van der Waals surface area contributed by atoms with E-state index in [9.17, 15) is 9.59 Å². The van der Waals surface area contributed by atoms with Gasteiger partial charge in [-0.1, -0.05) is 25.4 Å². The Morgan fingerprint density at radius 3 is 2.83 bits per heavy atom. The van der Waals surface area contributed by atoms with Crippen molar-refractivity contribution in [3.8, 4) is 0 Å². The number of likely N-dealkylation sites (tertiary alicyclic amines) is 1. The van der Waals surface area contributed by atoms with Gasteiger partial charge in [0.05, 0.1) is 11.2 Å². The van der Waals surface area contributed by atoms with Crippen molar-refractivity contribution in [1.29, 1.82) is 0 Å². The zero-order chi connectivity index (χ0) is 21.5. The number of pyridine rings is 1. The monoisotopic (exact) mass is 430 g/mol. The Morgan fingerprint density at radius 2 is 2.10 bits per heavy atom. The molecule has 2 aromatic heterocycles. The molecule has 8 nitrogen and oxygen atoms in total. The lowest BCUT2D eigenvalue weighted by Crippen LogP contribution is -2.40. The van der Waals surface area contributed by atoms with Crippen molar-refractivity contribution < 1.29 is 9.59 Å². The molecule has 0 bridgehead atoms. The second-order valence-corrected chi connectivity index (χ2v) is 9.41. The molecule has 4 rings (SSSR count). The molecule has 0 aromatic carbocycles. The van der Waals surface area contributed by atoms with Crippen LogP contribution in [-0.4, -0.2) is 50.7 Å². The number of nitrogens with one attached hydrogen (secondary N) is 2. The lowest BCUT2D eigenvalue weighted by atomic mass is 9.90. The molecule has 1 saturated heterocycles. The van der Waals surface area contributed by atoms with Gasteiger partial charge in [0.25, 0.3) is 0 Å². The van der Waals surface area contributed by atoms with Crippen molar-refractivity contribution >= 4 is 29.4 Å². The van der Waals surface area contributed by atoms with Gasteiger partial charge in [0.2, 0.25) is 5.91 Å². The second-order valence-electron chi connectivity index (χ2n) is 9.00. The largest absolute Gasteiger partial charge is 0.341 e. The number of aromatic nitrogens is 3. The molecule has 9 heteroatoms. The highest BCUT2D eigenvalue weighted by Crippen LogP contribution is 2.34. The van der Waals surface area contributed by atoms with Gasteiger partial charge in [-0.2, -0.15) is 5.10 Å². The van der Waals surface area contributed by atoms with Crippen LogP contribution < -0.4 is 10.6 Å². The van der Waals surface area contributed by atoms with Gasteiger partial charge < -0.3 is 10.2 Å². The molecule has 1 atom stereocenters. The first-order valence-electron chi connectivity index (χ1n) is 10.2. The third-order valence-corrected chi connectivity index (χ3v) is 6.13. The molecule has 1 fully saturated rings. The fourth-order valence-electron chi connectivity index (χ4n) is 4.24. The SMILES string of the molecule is CC(=O)N1CC[C@H](NC(=O)Nc2cc(Cc3cnn4c3CC(C)(C)C4)c(Cl)cn2)C1. The van der Waals surface area contributed by atoms with E-state index >= 15 is 0 Å². The van der Waals surface area contributed by atoms with E-state index in [1.165, 1.54) is 5.69 Å². The number of hydrogen-bond acceptors (Lipinski definition) is 4. The minimum absolute atomic E-state index is 0.0266. The van der Waals surface area contributed by atoms with E-state index in [1.807, 2.05) is 12.3 Å². The summed E-state index contributed by atoms with van der Waals surface area (Å²) in [6, 6.07) is 1.42. The maximum atomic E-state index is 12.4. The summed E-state index contributed by atoms with van der Waals surface area (Å²) in [4.78, 5) is 29.8. The van der Waals surface area contributed by atoms with Gasteiger partial charge >= 0.3 is 6.03 Å². The minimum atomic E-state index is -0.334. The van der Waals surface area contributed by atoms with Crippen LogP contribution in [0.3, 0.4) is 0 Å². The normalized spacial score (nSPS) is 19.6. The number of amides is 3. The number of nitrogens with zero attached hydrogens (tertiary/aromatic N) is 4. The number of carbonyl (C=O) groups is 2. The summed E-state index contributed by atoms with van der Waals surface area (Å²) in [5.41, 5.74) is 3.51. The van der Waals surface area contributed by atoms with Gasteiger partial charge in [0.1, 0.15) is 5.82 Å². The van der Waals surface area contributed by atoms with Crippen LogP contribution in [0.5, 0.6) is 0 Å². The van der Waals surface area contributed by atoms with E-state index in [2.05, 4.69) is 39.2 Å². The number of hydrogen-bond donors (Lipinski definition) is 2. The summed E-state index contributed by atoms with van der Waals surface area (Å²) >= 11 is 6.38. The van der Waals surface area contributed by atoms with Crippen molar-refractivity contribution in [3.63, 3.8) is 0 Å². The smallest absolute Gasteiger partial charge is 0.320 e. The molecule has 2 aromatic rings. The van der Waals surface area contributed by atoms with Crippen molar-refractivity contribution in [3.05, 3.63) is 40.3 Å². The molecule has 3 amide bonds. The molecule has 160 valence electrons. The number of rotatable bonds is 4. The summed E-state index contributed by atoms with van der Waals surface area (Å²) in [5, 5.41) is 10.8. The Bertz CT molecular complexity index is 986. The van der Waals surface area contributed by atoms with Gasteiger partial charge in [0, 0.05) is 50.9 Å². The third kappa shape index (κ3) is 4.43. The van der Waals surface area contributed by atoms with E-state index in [-0.39, 0.29) is 23.4 Å². The van der Waals surface area contributed by atoms with Gasteiger partial charge in [-0.15, -0.1) is 0 Å². The molecule has 0 radical (unpaired) electrons. The van der Waals surface area contributed by atoms with Crippen LogP contribution in [0, 0.1) is 5.41 Å². The Labute approximate surface area is 181 Å². The van der Waals surface area contributed by atoms with Crippen LogP contribution in [0.4, 0.5) is 10.6 Å². The predicted octanol–water partition coefficient (Wildman–Crippen LogP) is 2.85. The standard InChI is InChI=1S/C21H27ClN6O2/c1-13(29)27-5-4-16(11-27)25-20(30)26-19-7-14(17(22)10-23-19)6-15-9-24-28-12-21(2,3)8-18(15)28/h7,9-10,16H,4-6,8,11-12H2,1-3H3,(H2,23,25,26,30)/t16-/m0/s1. The highest BCUT2D eigenvalue weighted by atomic mass is 35.5. The van der Waals surface area contributed by atoms with Crippen LogP contribution >= 0.6 is 11.6 Å². The van der Waals surface area contributed by atoms with E-state index in [4.69, 9.17) is 11.6 Å². The van der Waals surface area contributed by atoms with Crippen molar-refractivity contribution in [2.24, 2.45) is 5.41 Å². The quantitative estimate of drug-likeness (QED) is 0.780. The lowest BCUT2D eigenvalue weighted by molar-refractivity contribution is -0.127. The highest BCUT2D eigenvalue weighted by molar-refractivity contribution is 6.31. The summed E-state index contributed by atoms with van der Waals surface area (Å²) in [6.45, 7) is 8.14. The van der Waals surface area contributed by atoms with E-state index in [0.717, 1.165) is 30.5 Å². The molecule has 0 unspecified atom stereocenters. The number of fused-ring (bicyclic) bond motifs is 1. The lowest BCUT2D eigenvalue weighted by Gasteiger charge is -2.16. The number of anilines is 1. The molecule has 2 aliphatic rings. The molecule has 4 heterocycles. The minimum Gasteiger partial charge on any atom is -0.341 e. The van der Waals surface area contributed by atoms with Gasteiger partial charge in [0.15, 0.2) is 0 Å². The summed E-state index contributed by atoms with van der Waals surface area (Å²) in [7, 11) is 0. The van der Waals surface area contributed by atoms with Crippen LogP contribution in [0.25, 0.3) is 0 Å². The molecule has 2 aliphatic heterocycles. The predicted molar refractivity (Wildman–Crippen MR) is 115 cm³/mol. The summed E-state index contributed by atoms with van der Waals surface area (Å²) < 4.78 is 2.07. The first-order valence-corrected chi connectivity index (χ1v) is 10.6. The fourth-order valence-corrected chi connectivity index (χ4v) is 4.41. The Morgan fingerprint density at radius 1 is 1.30 bits per heavy atom. The second kappa shape index (κ2) is 7.91. The van der Waals surface area contributed by atoms with Crippen LogP contribution in [0.15, 0.2) is 18.5 Å².